The molecule has 1 aliphatic heterocycles. The minimum Gasteiger partial charge on any atom is -0.480 e. The number of halogens is 2. The van der Waals surface area contributed by atoms with E-state index in [2.05, 4.69) is 42.5 Å². The van der Waals surface area contributed by atoms with Crippen molar-refractivity contribution in [3.63, 3.8) is 0 Å². The van der Waals surface area contributed by atoms with Crippen LogP contribution in [0.2, 0.25) is 0 Å². The fourth-order valence-corrected chi connectivity index (χ4v) is 5.85. The van der Waals surface area contributed by atoms with Gasteiger partial charge in [0.25, 0.3) is 5.91 Å². The fourth-order valence-electron chi connectivity index (χ4n) is 4.64. The van der Waals surface area contributed by atoms with Gasteiger partial charge in [0, 0.05) is 21.8 Å². The molecule has 5 N–H and O–H groups in total. The molecule has 2 aromatic rings. The maximum Gasteiger partial charge on any atom is 0.324 e. The van der Waals surface area contributed by atoms with Crippen LogP contribution in [0.4, 0.5) is 4.79 Å². The first-order valence-corrected chi connectivity index (χ1v) is 11.9. The second-order valence-corrected chi connectivity index (χ2v) is 10.3. The number of carboxylic acids is 1. The Morgan fingerprint density at radius 3 is 2.03 bits per heavy atom. The Morgan fingerprint density at radius 1 is 0.938 bits per heavy atom. The van der Waals surface area contributed by atoms with Gasteiger partial charge in [0.2, 0.25) is 0 Å². The third-order valence-corrected chi connectivity index (χ3v) is 7.98. The highest BCUT2D eigenvalue weighted by atomic mass is 79.9. The van der Waals surface area contributed by atoms with E-state index in [1.54, 1.807) is 0 Å². The van der Waals surface area contributed by atoms with Crippen molar-refractivity contribution in [2.75, 3.05) is 0 Å². The number of nitrogens with two attached hydrogens (primary N) is 1. The molecule has 2 atom stereocenters. The molecule has 0 bridgehead atoms. The Kier molecular flexibility index (Phi) is 6.17. The van der Waals surface area contributed by atoms with Gasteiger partial charge in [-0.2, -0.15) is 0 Å². The van der Waals surface area contributed by atoms with E-state index in [1.165, 1.54) is 11.1 Å². The van der Waals surface area contributed by atoms with Gasteiger partial charge in [0.1, 0.15) is 11.1 Å². The average molecular weight is 565 g/mol. The number of carbonyl (C=O) groups excluding carboxylic acids is 2. The first-order valence-electron chi connectivity index (χ1n) is 10.3. The van der Waals surface area contributed by atoms with Gasteiger partial charge in [-0.3, -0.25) is 14.9 Å². The lowest BCUT2D eigenvalue weighted by atomic mass is 9.78. The number of carboxylic acid groups (broad SMARTS) is 1. The van der Waals surface area contributed by atoms with E-state index >= 15 is 0 Å². The van der Waals surface area contributed by atoms with Gasteiger partial charge in [0.15, 0.2) is 0 Å². The standard InChI is InChI=1S/C12H11BrN2O2.C11H12BrNO2/c13-9-3-1-2-7-6-12(5-4-8(7)9)10(16)14-11(17)15-12;12-9-3-1-2-7-6-11(13,10(14)15)5-4-8(7)9/h1-3H,4-6H2,(H2,14,15,16,17);1-3H,4-6,13H2,(H,14,15). The number of fused-ring (bicyclic) bond motifs is 2. The van der Waals surface area contributed by atoms with Crippen molar-refractivity contribution in [3.8, 4) is 0 Å². The van der Waals surface area contributed by atoms with Crippen LogP contribution < -0.4 is 16.4 Å². The molecule has 1 saturated heterocycles. The Balaban J connectivity index is 0.000000155. The Morgan fingerprint density at radius 2 is 1.50 bits per heavy atom. The highest BCUT2D eigenvalue weighted by Crippen LogP contribution is 2.34. The number of amides is 3. The van der Waals surface area contributed by atoms with E-state index in [-0.39, 0.29) is 11.9 Å². The number of aliphatic carboxylic acids is 1. The smallest absolute Gasteiger partial charge is 0.324 e. The Labute approximate surface area is 202 Å². The SMILES string of the molecule is NC1(C(=O)O)CCc2c(Br)cccc2C1.O=C1NC(=O)C2(CCc3c(Br)cccc3C2)N1. The molecule has 32 heavy (non-hydrogen) atoms. The van der Waals surface area contributed by atoms with E-state index in [9.17, 15) is 14.4 Å². The maximum absolute atomic E-state index is 11.9. The van der Waals surface area contributed by atoms with Gasteiger partial charge in [-0.05, 0) is 60.1 Å². The highest BCUT2D eigenvalue weighted by Gasteiger charge is 2.48. The highest BCUT2D eigenvalue weighted by molar-refractivity contribution is 9.10. The van der Waals surface area contributed by atoms with Crippen molar-refractivity contribution in [2.24, 2.45) is 5.73 Å². The van der Waals surface area contributed by atoms with Crippen molar-refractivity contribution >= 4 is 49.8 Å². The normalized spacial score (nSPS) is 25.7. The first-order chi connectivity index (χ1) is 15.1. The van der Waals surface area contributed by atoms with Gasteiger partial charge >= 0.3 is 12.0 Å². The van der Waals surface area contributed by atoms with Crippen LogP contribution in [-0.2, 0) is 35.3 Å². The summed E-state index contributed by atoms with van der Waals surface area (Å²) in [6.07, 6.45) is 3.65. The summed E-state index contributed by atoms with van der Waals surface area (Å²) in [6.45, 7) is 0. The summed E-state index contributed by atoms with van der Waals surface area (Å²) < 4.78 is 2.13. The van der Waals surface area contributed by atoms with Gasteiger partial charge in [-0.1, -0.05) is 56.1 Å². The zero-order valence-electron chi connectivity index (χ0n) is 17.2. The van der Waals surface area contributed by atoms with Crippen LogP contribution in [0.1, 0.15) is 35.1 Å². The van der Waals surface area contributed by atoms with Crippen LogP contribution in [0.15, 0.2) is 45.3 Å². The monoisotopic (exact) mass is 563 g/mol. The van der Waals surface area contributed by atoms with E-state index in [0.29, 0.717) is 25.7 Å². The predicted molar refractivity (Wildman–Crippen MR) is 126 cm³/mol. The zero-order valence-corrected chi connectivity index (χ0v) is 20.4. The fraction of sp³-hybridized carbons (Fsp3) is 0.348. The number of carbonyl (C=O) groups is 3. The van der Waals surface area contributed by atoms with E-state index in [1.807, 2.05) is 36.4 Å². The van der Waals surface area contributed by atoms with Crippen LogP contribution in [0.3, 0.4) is 0 Å². The average Bonchev–Trinajstić information content (AvgIpc) is 3.00. The molecule has 2 unspecified atom stereocenters. The number of hydrogen-bond acceptors (Lipinski definition) is 4. The van der Waals surface area contributed by atoms with E-state index < -0.39 is 17.0 Å². The maximum atomic E-state index is 11.9. The van der Waals surface area contributed by atoms with Crippen molar-refractivity contribution < 1.29 is 19.5 Å². The van der Waals surface area contributed by atoms with E-state index in [0.717, 1.165) is 32.9 Å². The molecule has 168 valence electrons. The third-order valence-electron chi connectivity index (χ3n) is 6.49. The topological polar surface area (TPSA) is 122 Å². The van der Waals surface area contributed by atoms with Crippen molar-refractivity contribution in [3.05, 3.63) is 67.6 Å². The quantitative estimate of drug-likeness (QED) is 0.396. The third kappa shape index (κ3) is 4.21. The van der Waals surface area contributed by atoms with Crippen molar-refractivity contribution in [1.82, 2.24) is 10.6 Å². The van der Waals surface area contributed by atoms with Crippen LogP contribution in [0, 0.1) is 0 Å². The lowest BCUT2D eigenvalue weighted by Crippen LogP contribution is -2.52. The second kappa shape index (κ2) is 8.61. The minimum absolute atomic E-state index is 0.201. The predicted octanol–water partition coefficient (Wildman–Crippen LogP) is 3.24. The molecule has 0 aromatic heterocycles. The molecular formula is C23H23Br2N3O4. The van der Waals surface area contributed by atoms with Gasteiger partial charge in [-0.25, -0.2) is 4.79 Å². The summed E-state index contributed by atoms with van der Waals surface area (Å²) in [5.41, 5.74) is 8.64. The number of benzene rings is 2. The van der Waals surface area contributed by atoms with Gasteiger partial charge in [-0.15, -0.1) is 0 Å². The summed E-state index contributed by atoms with van der Waals surface area (Å²) in [6, 6.07) is 11.4. The van der Waals surface area contributed by atoms with E-state index in [4.69, 9.17) is 10.8 Å². The summed E-state index contributed by atoms with van der Waals surface area (Å²) in [5, 5.41) is 14.1. The summed E-state index contributed by atoms with van der Waals surface area (Å²) >= 11 is 6.99. The number of rotatable bonds is 1. The lowest BCUT2D eigenvalue weighted by molar-refractivity contribution is -0.143. The molecule has 1 fully saturated rings. The van der Waals surface area contributed by atoms with Crippen LogP contribution in [0.25, 0.3) is 0 Å². The molecule has 5 rings (SSSR count). The molecule has 3 aliphatic rings. The molecule has 7 nitrogen and oxygen atoms in total. The minimum atomic E-state index is -1.09. The molecule has 0 radical (unpaired) electrons. The van der Waals surface area contributed by atoms with Crippen molar-refractivity contribution in [1.29, 1.82) is 0 Å². The zero-order chi connectivity index (χ0) is 23.1. The largest absolute Gasteiger partial charge is 0.480 e. The van der Waals surface area contributed by atoms with Crippen LogP contribution in [0.5, 0.6) is 0 Å². The molecule has 1 heterocycles. The summed E-state index contributed by atoms with van der Waals surface area (Å²) in [4.78, 5) is 34.1. The van der Waals surface area contributed by atoms with Crippen LogP contribution in [-0.4, -0.2) is 34.1 Å². The van der Waals surface area contributed by atoms with Gasteiger partial charge < -0.3 is 16.2 Å². The number of nitrogens with one attached hydrogen (secondary N) is 2. The Hall–Kier alpha value is -2.23. The summed E-state index contributed by atoms with van der Waals surface area (Å²) in [7, 11) is 0. The Bertz CT molecular complexity index is 1120. The molecule has 2 aliphatic carbocycles. The lowest BCUT2D eigenvalue weighted by Gasteiger charge is -2.32. The van der Waals surface area contributed by atoms with Gasteiger partial charge in [0.05, 0.1) is 0 Å². The number of urea groups is 1. The molecule has 2 aromatic carbocycles. The van der Waals surface area contributed by atoms with Crippen molar-refractivity contribution in [2.45, 2.75) is 49.6 Å². The van der Waals surface area contributed by atoms with Crippen LogP contribution >= 0.6 is 31.9 Å². The summed E-state index contributed by atoms with van der Waals surface area (Å²) in [5.74, 6) is -1.11. The molecule has 3 amide bonds. The molecule has 0 saturated carbocycles. The molecular weight excluding hydrogens is 542 g/mol. The molecule has 9 heteroatoms. The number of imide groups is 1. The first kappa shape index (κ1) is 22.9. The number of hydrogen-bond donors (Lipinski definition) is 4. The molecule has 1 spiro atoms. The second-order valence-electron chi connectivity index (χ2n) is 8.56.